The number of benzene rings is 2. The first-order chi connectivity index (χ1) is 10.0. The van der Waals surface area contributed by atoms with Gasteiger partial charge in [0.1, 0.15) is 0 Å². The van der Waals surface area contributed by atoms with Crippen molar-refractivity contribution in [3.8, 4) is 11.1 Å². The standard InChI is InChI=1S/C17H19NO2S.ClH/c1-21(19,20)16-5-2-4-15(12-16)13-7-9-14(10-8-13)17-6-3-11-18-17;/h2,4-5,7-10,12,17-18H,3,6,11H2,1H3;1H. The van der Waals surface area contributed by atoms with Gasteiger partial charge in [0.2, 0.25) is 0 Å². The zero-order chi connectivity index (χ0) is 14.9. The molecule has 2 aromatic rings. The van der Waals surface area contributed by atoms with Gasteiger partial charge >= 0.3 is 0 Å². The van der Waals surface area contributed by atoms with Crippen molar-refractivity contribution in [2.24, 2.45) is 0 Å². The van der Waals surface area contributed by atoms with E-state index < -0.39 is 9.84 Å². The van der Waals surface area contributed by atoms with E-state index in [2.05, 4.69) is 29.6 Å². The third-order valence-corrected chi connectivity index (χ3v) is 5.08. The van der Waals surface area contributed by atoms with Crippen molar-refractivity contribution in [1.82, 2.24) is 5.32 Å². The van der Waals surface area contributed by atoms with Crippen LogP contribution in [-0.2, 0) is 9.84 Å². The van der Waals surface area contributed by atoms with Gasteiger partial charge in [-0.25, -0.2) is 8.42 Å². The molecule has 22 heavy (non-hydrogen) atoms. The Morgan fingerprint density at radius 2 is 1.77 bits per heavy atom. The molecule has 0 saturated carbocycles. The molecule has 2 aromatic carbocycles. The molecule has 5 heteroatoms. The lowest BCUT2D eigenvalue weighted by Crippen LogP contribution is -2.12. The molecule has 1 atom stereocenters. The van der Waals surface area contributed by atoms with Crippen LogP contribution in [-0.4, -0.2) is 21.2 Å². The van der Waals surface area contributed by atoms with E-state index in [9.17, 15) is 8.42 Å². The molecular weight excluding hydrogens is 318 g/mol. The van der Waals surface area contributed by atoms with Gasteiger partial charge in [-0.15, -0.1) is 12.4 Å². The lowest BCUT2D eigenvalue weighted by molar-refractivity contribution is 0.602. The van der Waals surface area contributed by atoms with E-state index in [0.717, 1.165) is 17.7 Å². The number of rotatable bonds is 3. The zero-order valence-corrected chi connectivity index (χ0v) is 14.1. The molecule has 0 radical (unpaired) electrons. The van der Waals surface area contributed by atoms with Crippen LogP contribution in [0.15, 0.2) is 53.4 Å². The smallest absolute Gasteiger partial charge is 0.175 e. The minimum Gasteiger partial charge on any atom is -0.310 e. The summed E-state index contributed by atoms with van der Waals surface area (Å²) in [5.41, 5.74) is 3.28. The van der Waals surface area contributed by atoms with Crippen LogP contribution in [0, 0.1) is 0 Å². The van der Waals surface area contributed by atoms with Crippen LogP contribution >= 0.6 is 12.4 Å². The number of nitrogens with one attached hydrogen (secondary N) is 1. The third kappa shape index (κ3) is 3.69. The van der Waals surface area contributed by atoms with Crippen LogP contribution in [0.1, 0.15) is 24.4 Å². The predicted molar refractivity (Wildman–Crippen MR) is 92.2 cm³/mol. The molecule has 3 nitrogen and oxygen atoms in total. The Morgan fingerprint density at radius 1 is 1.05 bits per heavy atom. The molecule has 118 valence electrons. The fraction of sp³-hybridized carbons (Fsp3) is 0.294. The molecule has 0 spiro atoms. The normalized spacial score (nSPS) is 18.0. The van der Waals surface area contributed by atoms with E-state index in [1.807, 2.05) is 6.07 Å². The van der Waals surface area contributed by atoms with Crippen LogP contribution in [0.5, 0.6) is 0 Å². The Labute approximate surface area is 138 Å². The van der Waals surface area contributed by atoms with Gasteiger partial charge < -0.3 is 5.32 Å². The molecular formula is C17H20ClNO2S. The minimum absolute atomic E-state index is 0. The maximum atomic E-state index is 11.6. The van der Waals surface area contributed by atoms with Gasteiger partial charge in [-0.05, 0) is 48.2 Å². The highest BCUT2D eigenvalue weighted by atomic mass is 35.5. The van der Waals surface area contributed by atoms with E-state index in [4.69, 9.17) is 0 Å². The van der Waals surface area contributed by atoms with Crippen LogP contribution in [0.4, 0.5) is 0 Å². The number of hydrogen-bond donors (Lipinski definition) is 1. The Kier molecular flexibility index (Phi) is 5.27. The lowest BCUT2D eigenvalue weighted by Gasteiger charge is -2.11. The maximum Gasteiger partial charge on any atom is 0.175 e. The average molecular weight is 338 g/mol. The van der Waals surface area contributed by atoms with Crippen molar-refractivity contribution in [3.05, 3.63) is 54.1 Å². The summed E-state index contributed by atoms with van der Waals surface area (Å²) in [6.45, 7) is 1.09. The van der Waals surface area contributed by atoms with Gasteiger partial charge in [-0.2, -0.15) is 0 Å². The van der Waals surface area contributed by atoms with Crippen molar-refractivity contribution >= 4 is 22.2 Å². The fourth-order valence-electron chi connectivity index (χ4n) is 2.78. The van der Waals surface area contributed by atoms with Crippen molar-refractivity contribution < 1.29 is 8.42 Å². The summed E-state index contributed by atoms with van der Waals surface area (Å²) >= 11 is 0. The van der Waals surface area contributed by atoms with Gasteiger partial charge in [0.05, 0.1) is 4.90 Å². The molecule has 3 rings (SSSR count). The predicted octanol–water partition coefficient (Wildman–Crippen LogP) is 3.60. The highest BCUT2D eigenvalue weighted by Crippen LogP contribution is 2.27. The molecule has 1 fully saturated rings. The van der Waals surface area contributed by atoms with E-state index in [0.29, 0.717) is 10.9 Å². The zero-order valence-electron chi connectivity index (χ0n) is 12.5. The van der Waals surface area contributed by atoms with Gasteiger partial charge in [-0.3, -0.25) is 0 Å². The summed E-state index contributed by atoms with van der Waals surface area (Å²) in [5, 5.41) is 3.48. The second kappa shape index (κ2) is 6.82. The lowest BCUT2D eigenvalue weighted by atomic mass is 10.00. The van der Waals surface area contributed by atoms with Crippen LogP contribution in [0.3, 0.4) is 0 Å². The number of halogens is 1. The Morgan fingerprint density at radius 3 is 2.36 bits per heavy atom. The minimum atomic E-state index is -3.16. The van der Waals surface area contributed by atoms with Crippen LogP contribution < -0.4 is 5.32 Å². The van der Waals surface area contributed by atoms with Gasteiger partial charge in [0, 0.05) is 12.3 Å². The van der Waals surface area contributed by atoms with Gasteiger partial charge in [0.15, 0.2) is 9.84 Å². The molecule has 1 saturated heterocycles. The van der Waals surface area contributed by atoms with Gasteiger partial charge in [0.25, 0.3) is 0 Å². The Hall–Kier alpha value is -1.36. The SMILES string of the molecule is CS(=O)(=O)c1cccc(-c2ccc(C3CCCN3)cc2)c1.Cl. The fourth-order valence-corrected chi connectivity index (χ4v) is 3.45. The Bertz CT molecular complexity index is 736. The molecule has 0 bridgehead atoms. The highest BCUT2D eigenvalue weighted by molar-refractivity contribution is 7.90. The van der Waals surface area contributed by atoms with Gasteiger partial charge in [-0.1, -0.05) is 36.4 Å². The quantitative estimate of drug-likeness (QED) is 0.930. The Balaban J connectivity index is 0.00000176. The molecule has 0 aliphatic carbocycles. The number of sulfone groups is 1. The molecule has 0 amide bonds. The molecule has 0 aromatic heterocycles. The molecule has 1 heterocycles. The summed E-state index contributed by atoms with van der Waals surface area (Å²) in [6.07, 6.45) is 3.65. The topological polar surface area (TPSA) is 46.2 Å². The van der Waals surface area contributed by atoms with E-state index in [1.54, 1.807) is 18.2 Å². The molecule has 1 N–H and O–H groups in total. The van der Waals surface area contributed by atoms with Crippen molar-refractivity contribution in [3.63, 3.8) is 0 Å². The summed E-state index contributed by atoms with van der Waals surface area (Å²) < 4.78 is 23.3. The second-order valence-electron chi connectivity index (χ2n) is 5.57. The first kappa shape index (κ1) is 17.0. The van der Waals surface area contributed by atoms with Crippen LogP contribution in [0.2, 0.25) is 0 Å². The monoisotopic (exact) mass is 337 g/mol. The van der Waals surface area contributed by atoms with E-state index >= 15 is 0 Å². The van der Waals surface area contributed by atoms with E-state index in [-0.39, 0.29) is 12.4 Å². The van der Waals surface area contributed by atoms with E-state index in [1.165, 1.54) is 24.7 Å². The average Bonchev–Trinajstić information content (AvgIpc) is 3.01. The summed E-state index contributed by atoms with van der Waals surface area (Å²) in [7, 11) is -3.16. The van der Waals surface area contributed by atoms with Crippen molar-refractivity contribution in [2.75, 3.05) is 12.8 Å². The molecule has 1 aliphatic rings. The largest absolute Gasteiger partial charge is 0.310 e. The van der Waals surface area contributed by atoms with Crippen molar-refractivity contribution in [1.29, 1.82) is 0 Å². The third-order valence-electron chi connectivity index (χ3n) is 3.97. The molecule has 1 unspecified atom stereocenters. The first-order valence-corrected chi connectivity index (χ1v) is 9.07. The summed E-state index contributed by atoms with van der Waals surface area (Å²) in [6, 6.07) is 16.0. The highest BCUT2D eigenvalue weighted by Gasteiger charge is 2.15. The van der Waals surface area contributed by atoms with Crippen molar-refractivity contribution in [2.45, 2.75) is 23.8 Å². The molecule has 1 aliphatic heterocycles. The maximum absolute atomic E-state index is 11.6. The summed E-state index contributed by atoms with van der Waals surface area (Å²) in [4.78, 5) is 0.363. The second-order valence-corrected chi connectivity index (χ2v) is 7.59. The summed E-state index contributed by atoms with van der Waals surface area (Å²) in [5.74, 6) is 0. The van der Waals surface area contributed by atoms with Crippen LogP contribution in [0.25, 0.3) is 11.1 Å². The number of hydrogen-bond acceptors (Lipinski definition) is 3. The first-order valence-electron chi connectivity index (χ1n) is 7.18.